The Morgan fingerprint density at radius 2 is 1.50 bits per heavy atom. The minimum Gasteiger partial charge on any atom is -0.357 e. The number of hydrogen-bond donors (Lipinski definition) is 7. The van der Waals surface area contributed by atoms with Gasteiger partial charge in [0.15, 0.2) is 0 Å². The van der Waals surface area contributed by atoms with Gasteiger partial charge in [-0.25, -0.2) is 0 Å². The first-order valence-corrected chi connectivity index (χ1v) is 17.6. The fourth-order valence-electron chi connectivity index (χ4n) is 5.58. The minimum absolute atomic E-state index is 0.0168. The lowest BCUT2D eigenvalue weighted by atomic mass is 9.83. The number of aromatic nitrogens is 1. The van der Waals surface area contributed by atoms with E-state index in [1.165, 1.54) is 30.9 Å². The van der Waals surface area contributed by atoms with E-state index in [9.17, 15) is 24.0 Å². The number of pyridine rings is 1. The van der Waals surface area contributed by atoms with Crippen LogP contribution in [0.1, 0.15) is 110 Å². The van der Waals surface area contributed by atoms with Crippen LogP contribution in [0.2, 0.25) is 0 Å². The molecule has 13 nitrogen and oxygen atoms in total. The zero-order chi connectivity index (χ0) is 36.2. The normalized spacial score (nSPS) is 16.2. The molecule has 1 aromatic heterocycles. The molecule has 2 rings (SSSR count). The SMILES string of the molecule is CCC(C)C(NC(=O)c1cc[n+](O)cc1)C(=O)NC.CCNC(=O)C(NC(=O)[C@H](C)NCC(CC(C)C)NC(=O)CC)C1CCCCC1. The Kier molecular flexibility index (Phi) is 20.1. The summed E-state index contributed by atoms with van der Waals surface area (Å²) in [4.78, 5) is 60.9. The maximum Gasteiger partial charge on any atom is 0.252 e. The Bertz CT molecular complexity index is 1140. The van der Waals surface area contributed by atoms with Crippen LogP contribution < -0.4 is 36.6 Å². The molecule has 13 heteroatoms. The van der Waals surface area contributed by atoms with Crippen LogP contribution in [0.25, 0.3) is 0 Å². The molecule has 1 aromatic rings. The van der Waals surface area contributed by atoms with Gasteiger partial charge in [0.25, 0.3) is 5.91 Å². The molecule has 48 heavy (non-hydrogen) atoms. The number of amides is 5. The number of carbonyl (C=O) groups is 5. The maximum absolute atomic E-state index is 12.8. The van der Waals surface area contributed by atoms with E-state index in [0.717, 1.165) is 43.3 Å². The van der Waals surface area contributed by atoms with Gasteiger partial charge in [-0.2, -0.15) is 0 Å². The second kappa shape index (κ2) is 22.8. The second-order valence-corrected chi connectivity index (χ2v) is 13.1. The van der Waals surface area contributed by atoms with Crippen LogP contribution in [0.15, 0.2) is 24.5 Å². The highest BCUT2D eigenvalue weighted by molar-refractivity contribution is 5.97. The van der Waals surface area contributed by atoms with E-state index in [0.29, 0.717) is 31.0 Å². The van der Waals surface area contributed by atoms with Crippen LogP contribution in [0.5, 0.6) is 0 Å². The Morgan fingerprint density at radius 3 is 2.02 bits per heavy atom. The van der Waals surface area contributed by atoms with Crippen molar-refractivity contribution >= 4 is 29.5 Å². The first kappa shape index (κ1) is 42.3. The summed E-state index contributed by atoms with van der Waals surface area (Å²) in [5.74, 6) is -0.117. The van der Waals surface area contributed by atoms with Crippen molar-refractivity contribution in [1.82, 2.24) is 31.9 Å². The van der Waals surface area contributed by atoms with Crippen molar-refractivity contribution < 1.29 is 33.9 Å². The predicted octanol–water partition coefficient (Wildman–Crippen LogP) is 2.21. The highest BCUT2D eigenvalue weighted by Gasteiger charge is 2.32. The number of likely N-dealkylation sites (N-methyl/N-ethyl adjacent to an activating group) is 2. The maximum atomic E-state index is 12.8. The van der Waals surface area contributed by atoms with Crippen molar-refractivity contribution in [1.29, 1.82) is 0 Å². The van der Waals surface area contributed by atoms with E-state index in [1.807, 2.05) is 27.7 Å². The largest absolute Gasteiger partial charge is 0.357 e. The lowest BCUT2D eigenvalue weighted by Gasteiger charge is -2.31. The van der Waals surface area contributed by atoms with E-state index in [2.05, 4.69) is 45.7 Å². The first-order chi connectivity index (χ1) is 22.8. The summed E-state index contributed by atoms with van der Waals surface area (Å²) in [6.07, 6.45) is 10.1. The van der Waals surface area contributed by atoms with Gasteiger partial charge in [-0.3, -0.25) is 29.2 Å². The molecule has 4 unspecified atom stereocenters. The minimum atomic E-state index is -0.566. The Morgan fingerprint density at radius 1 is 0.875 bits per heavy atom. The Labute approximate surface area is 287 Å². The second-order valence-electron chi connectivity index (χ2n) is 13.1. The lowest BCUT2D eigenvalue weighted by Crippen LogP contribution is -2.56. The standard InChI is InChI=1S/C22H42N4O3.C13H19N3O3/c1-6-19(27)25-18(13-15(3)4)14-24-16(5)21(28)26-20(22(29)23-7-2)17-11-9-8-10-12-17;1-4-9(2)11(13(18)14-3)15-12(17)10-5-7-16(19)8-6-10/h15-18,20,24H,6-14H2,1-5H3,(H,23,29)(H,25,27)(H,26,28);5-9,11H,4H2,1-3H3,(H2-,14,15,17,18,19)/p+1/t16-,18?,20?;/m0./s1. The van der Waals surface area contributed by atoms with Gasteiger partial charge >= 0.3 is 0 Å². The van der Waals surface area contributed by atoms with Crippen molar-refractivity contribution in [2.45, 2.75) is 124 Å². The smallest absolute Gasteiger partial charge is 0.252 e. The third-order valence-electron chi connectivity index (χ3n) is 8.66. The summed E-state index contributed by atoms with van der Waals surface area (Å²) >= 11 is 0. The summed E-state index contributed by atoms with van der Waals surface area (Å²) in [6.45, 7) is 14.7. The van der Waals surface area contributed by atoms with Gasteiger partial charge in [-0.05, 0) is 50.9 Å². The number of carbonyl (C=O) groups excluding carboxylic acids is 5. The Hall–Kier alpha value is -3.74. The molecule has 0 aliphatic heterocycles. The fraction of sp³-hybridized carbons (Fsp3) is 0.714. The quantitative estimate of drug-likeness (QED) is 0.0976. The van der Waals surface area contributed by atoms with Gasteiger partial charge in [0.2, 0.25) is 36.0 Å². The van der Waals surface area contributed by atoms with E-state index < -0.39 is 18.1 Å². The molecule has 272 valence electrons. The number of rotatable bonds is 17. The van der Waals surface area contributed by atoms with Gasteiger partial charge in [0.1, 0.15) is 12.1 Å². The average Bonchev–Trinajstić information content (AvgIpc) is 3.08. The predicted molar refractivity (Wildman–Crippen MR) is 185 cm³/mol. The molecule has 1 aliphatic rings. The molecule has 5 amide bonds. The topological polar surface area (TPSA) is 182 Å². The van der Waals surface area contributed by atoms with E-state index in [-0.39, 0.29) is 47.4 Å². The lowest BCUT2D eigenvalue weighted by molar-refractivity contribution is -0.904. The fourth-order valence-corrected chi connectivity index (χ4v) is 5.58. The number of hydrogen-bond acceptors (Lipinski definition) is 7. The molecule has 7 N–H and O–H groups in total. The van der Waals surface area contributed by atoms with E-state index in [1.54, 1.807) is 14.0 Å². The van der Waals surface area contributed by atoms with Gasteiger partial charge in [0.05, 0.1) is 11.6 Å². The van der Waals surface area contributed by atoms with Crippen molar-refractivity contribution in [3.8, 4) is 0 Å². The molecule has 1 aliphatic carbocycles. The highest BCUT2D eigenvalue weighted by Crippen LogP contribution is 2.26. The summed E-state index contributed by atoms with van der Waals surface area (Å²) < 4.78 is 0.849. The van der Waals surface area contributed by atoms with Gasteiger partial charge in [-0.1, -0.05) is 60.3 Å². The van der Waals surface area contributed by atoms with Gasteiger partial charge in [0, 0.05) is 49.5 Å². The molecule has 1 saturated carbocycles. The van der Waals surface area contributed by atoms with Gasteiger partial charge < -0.3 is 31.9 Å². The molecule has 0 radical (unpaired) electrons. The molecular weight excluding hydrogens is 614 g/mol. The van der Waals surface area contributed by atoms with Crippen LogP contribution >= 0.6 is 0 Å². The molecule has 0 saturated heterocycles. The van der Waals surface area contributed by atoms with E-state index in [4.69, 9.17) is 5.21 Å². The third-order valence-corrected chi connectivity index (χ3v) is 8.66. The van der Waals surface area contributed by atoms with Crippen LogP contribution in [0.3, 0.4) is 0 Å². The molecule has 0 aromatic carbocycles. The summed E-state index contributed by atoms with van der Waals surface area (Å²) in [5, 5.41) is 26.5. The monoisotopic (exact) mass is 676 g/mol. The molecule has 0 spiro atoms. The summed E-state index contributed by atoms with van der Waals surface area (Å²) in [7, 11) is 1.54. The van der Waals surface area contributed by atoms with Crippen LogP contribution in [-0.2, 0) is 19.2 Å². The van der Waals surface area contributed by atoms with Crippen molar-refractivity contribution in [2.24, 2.45) is 17.8 Å². The average molecular weight is 677 g/mol. The molecular formula is C35H62N7O6+. The number of nitrogens with zero attached hydrogens (tertiary/aromatic N) is 1. The van der Waals surface area contributed by atoms with Crippen molar-refractivity contribution in [2.75, 3.05) is 20.1 Å². The van der Waals surface area contributed by atoms with Crippen LogP contribution in [0.4, 0.5) is 0 Å². The van der Waals surface area contributed by atoms with Gasteiger partial charge in [-0.15, -0.1) is 0 Å². The zero-order valence-corrected chi connectivity index (χ0v) is 30.4. The summed E-state index contributed by atoms with van der Waals surface area (Å²) in [5.41, 5.74) is 0.391. The van der Waals surface area contributed by atoms with Crippen LogP contribution in [0, 0.1) is 17.8 Å². The zero-order valence-electron chi connectivity index (χ0n) is 30.4. The highest BCUT2D eigenvalue weighted by atomic mass is 16.5. The van der Waals surface area contributed by atoms with Crippen molar-refractivity contribution in [3.05, 3.63) is 30.1 Å². The molecule has 5 atom stereocenters. The first-order valence-electron chi connectivity index (χ1n) is 17.6. The van der Waals surface area contributed by atoms with Crippen molar-refractivity contribution in [3.63, 3.8) is 0 Å². The number of nitrogens with one attached hydrogen (secondary N) is 6. The molecule has 0 bridgehead atoms. The molecule has 1 fully saturated rings. The third kappa shape index (κ3) is 15.4. The van der Waals surface area contributed by atoms with Crippen LogP contribution in [-0.4, -0.2) is 79.0 Å². The Balaban J connectivity index is 0.000000524. The summed E-state index contributed by atoms with van der Waals surface area (Å²) in [6, 6.07) is 1.46. The molecule has 1 heterocycles. The van der Waals surface area contributed by atoms with E-state index >= 15 is 0 Å².